The lowest BCUT2D eigenvalue weighted by molar-refractivity contribution is 0.283. The summed E-state index contributed by atoms with van der Waals surface area (Å²) in [4.78, 5) is 16.9. The summed E-state index contributed by atoms with van der Waals surface area (Å²) >= 11 is 6.11. The van der Waals surface area contributed by atoms with Crippen LogP contribution in [0, 0.1) is 11.6 Å². The van der Waals surface area contributed by atoms with Crippen molar-refractivity contribution in [3.63, 3.8) is 0 Å². The SMILES string of the molecule is CC(C)n1c(CCCCN)nc(OCc2ccc(F)cc2F)c(Cl)c1=O. The molecule has 5 nitrogen and oxygen atoms in total. The van der Waals surface area contributed by atoms with Gasteiger partial charge < -0.3 is 10.5 Å². The Kier molecular flexibility index (Phi) is 7.11. The first-order chi connectivity index (χ1) is 12.3. The van der Waals surface area contributed by atoms with Crippen LogP contribution in [-0.4, -0.2) is 16.1 Å². The van der Waals surface area contributed by atoms with E-state index in [2.05, 4.69) is 4.98 Å². The first-order valence-electron chi connectivity index (χ1n) is 8.42. The van der Waals surface area contributed by atoms with Gasteiger partial charge in [-0.05, 0) is 45.4 Å². The van der Waals surface area contributed by atoms with Crippen LogP contribution in [-0.2, 0) is 13.0 Å². The van der Waals surface area contributed by atoms with Crippen LogP contribution in [0.15, 0.2) is 23.0 Å². The standard InChI is InChI=1S/C18H22ClF2N3O2/c1-11(2)24-15(5-3-4-8-22)23-17(16(19)18(24)25)26-10-12-6-7-13(20)9-14(12)21/h6-7,9,11H,3-5,8,10,22H2,1-2H3. The lowest BCUT2D eigenvalue weighted by atomic mass is 10.2. The number of rotatable bonds is 8. The van der Waals surface area contributed by atoms with Gasteiger partial charge in [-0.1, -0.05) is 11.6 Å². The number of benzene rings is 1. The third-order valence-corrected chi connectivity index (χ3v) is 4.18. The van der Waals surface area contributed by atoms with Gasteiger partial charge in [0.25, 0.3) is 5.56 Å². The minimum atomic E-state index is -0.736. The minimum Gasteiger partial charge on any atom is -0.471 e. The average Bonchev–Trinajstić information content (AvgIpc) is 2.57. The van der Waals surface area contributed by atoms with Crippen LogP contribution in [0.3, 0.4) is 0 Å². The fourth-order valence-corrected chi connectivity index (χ4v) is 2.74. The van der Waals surface area contributed by atoms with E-state index in [0.717, 1.165) is 25.0 Å². The third-order valence-electron chi connectivity index (χ3n) is 3.85. The third kappa shape index (κ3) is 4.80. The molecule has 8 heteroatoms. The van der Waals surface area contributed by atoms with Crippen LogP contribution in [0.5, 0.6) is 5.88 Å². The molecule has 0 amide bonds. The Balaban J connectivity index is 2.31. The number of nitrogens with two attached hydrogens (primary N) is 1. The molecule has 26 heavy (non-hydrogen) atoms. The van der Waals surface area contributed by atoms with E-state index < -0.39 is 17.2 Å². The van der Waals surface area contributed by atoms with Crippen molar-refractivity contribution in [2.75, 3.05) is 6.54 Å². The maximum absolute atomic E-state index is 13.7. The van der Waals surface area contributed by atoms with E-state index in [4.69, 9.17) is 22.1 Å². The molecule has 2 N–H and O–H groups in total. The molecule has 1 aromatic carbocycles. The van der Waals surface area contributed by atoms with Gasteiger partial charge in [0.05, 0.1) is 0 Å². The molecule has 0 bridgehead atoms. The second-order valence-electron chi connectivity index (χ2n) is 6.19. The van der Waals surface area contributed by atoms with Gasteiger partial charge in [-0.15, -0.1) is 0 Å². The Bertz CT molecular complexity index is 825. The number of hydrogen-bond donors (Lipinski definition) is 1. The van der Waals surface area contributed by atoms with E-state index in [9.17, 15) is 13.6 Å². The smallest absolute Gasteiger partial charge is 0.276 e. The summed E-state index contributed by atoms with van der Waals surface area (Å²) in [5, 5.41) is -0.163. The van der Waals surface area contributed by atoms with Crippen LogP contribution < -0.4 is 16.0 Å². The molecule has 1 aromatic heterocycles. The molecule has 2 aromatic rings. The predicted octanol–water partition coefficient (Wildman–Crippen LogP) is 3.62. The molecule has 0 atom stereocenters. The lowest BCUT2D eigenvalue weighted by Crippen LogP contribution is -2.28. The predicted molar refractivity (Wildman–Crippen MR) is 96.6 cm³/mol. The number of ether oxygens (including phenoxy) is 1. The van der Waals surface area contributed by atoms with E-state index in [1.807, 2.05) is 13.8 Å². The summed E-state index contributed by atoms with van der Waals surface area (Å²) < 4.78 is 33.7. The van der Waals surface area contributed by atoms with Crippen molar-refractivity contribution in [1.82, 2.24) is 9.55 Å². The molecule has 0 unspecified atom stereocenters. The quantitative estimate of drug-likeness (QED) is 0.704. The number of unbranched alkanes of at least 4 members (excludes halogenated alkanes) is 1. The van der Waals surface area contributed by atoms with E-state index >= 15 is 0 Å². The van der Waals surface area contributed by atoms with Crippen molar-refractivity contribution in [3.05, 3.63) is 56.6 Å². The summed E-state index contributed by atoms with van der Waals surface area (Å²) in [5.41, 5.74) is 5.25. The Morgan fingerprint density at radius 3 is 2.65 bits per heavy atom. The normalized spacial score (nSPS) is 11.2. The van der Waals surface area contributed by atoms with E-state index in [1.54, 1.807) is 0 Å². The van der Waals surface area contributed by atoms with Crippen molar-refractivity contribution in [3.8, 4) is 5.88 Å². The molecule has 0 saturated carbocycles. The van der Waals surface area contributed by atoms with Crippen molar-refractivity contribution in [2.24, 2.45) is 5.73 Å². The molecule has 0 saturated heterocycles. The van der Waals surface area contributed by atoms with Crippen LogP contribution in [0.1, 0.15) is 44.1 Å². The van der Waals surface area contributed by atoms with Crippen molar-refractivity contribution < 1.29 is 13.5 Å². The van der Waals surface area contributed by atoms with E-state index in [0.29, 0.717) is 18.8 Å². The molecule has 0 aliphatic carbocycles. The Hall–Kier alpha value is -1.99. The lowest BCUT2D eigenvalue weighted by Gasteiger charge is -2.18. The van der Waals surface area contributed by atoms with Gasteiger partial charge in [0.2, 0.25) is 5.88 Å². The Morgan fingerprint density at radius 1 is 1.31 bits per heavy atom. The summed E-state index contributed by atoms with van der Waals surface area (Å²) in [6.07, 6.45) is 2.11. The molecule has 0 aliphatic rings. The van der Waals surface area contributed by atoms with Gasteiger partial charge in [0, 0.05) is 24.1 Å². The van der Waals surface area contributed by atoms with Crippen LogP contribution in [0.25, 0.3) is 0 Å². The van der Waals surface area contributed by atoms with Gasteiger partial charge >= 0.3 is 0 Å². The zero-order valence-corrected chi connectivity index (χ0v) is 15.5. The first kappa shape index (κ1) is 20.3. The minimum absolute atomic E-state index is 0.0555. The fraction of sp³-hybridized carbons (Fsp3) is 0.444. The Morgan fingerprint density at radius 2 is 2.04 bits per heavy atom. The fourth-order valence-electron chi connectivity index (χ4n) is 2.55. The monoisotopic (exact) mass is 385 g/mol. The largest absolute Gasteiger partial charge is 0.471 e. The molecule has 2 rings (SSSR count). The molecule has 0 fully saturated rings. The van der Waals surface area contributed by atoms with E-state index in [-0.39, 0.29) is 29.1 Å². The Labute approximate surface area is 155 Å². The van der Waals surface area contributed by atoms with Crippen LogP contribution >= 0.6 is 11.6 Å². The number of aromatic nitrogens is 2. The number of halogens is 3. The van der Waals surface area contributed by atoms with Crippen molar-refractivity contribution in [2.45, 2.75) is 45.8 Å². The molecular weight excluding hydrogens is 364 g/mol. The van der Waals surface area contributed by atoms with Gasteiger partial charge in [-0.2, -0.15) is 4.98 Å². The van der Waals surface area contributed by atoms with Crippen molar-refractivity contribution in [1.29, 1.82) is 0 Å². The molecule has 0 aliphatic heterocycles. The maximum atomic E-state index is 13.7. The highest BCUT2D eigenvalue weighted by molar-refractivity contribution is 6.31. The summed E-state index contributed by atoms with van der Waals surface area (Å²) in [7, 11) is 0. The van der Waals surface area contributed by atoms with Crippen LogP contribution in [0.2, 0.25) is 5.02 Å². The van der Waals surface area contributed by atoms with Gasteiger partial charge in [-0.3, -0.25) is 9.36 Å². The number of aryl methyl sites for hydroxylation is 1. The molecule has 142 valence electrons. The van der Waals surface area contributed by atoms with Crippen LogP contribution in [0.4, 0.5) is 8.78 Å². The van der Waals surface area contributed by atoms with Crippen molar-refractivity contribution >= 4 is 11.6 Å². The first-order valence-corrected chi connectivity index (χ1v) is 8.80. The average molecular weight is 386 g/mol. The number of hydrogen-bond acceptors (Lipinski definition) is 4. The molecule has 0 spiro atoms. The van der Waals surface area contributed by atoms with Gasteiger partial charge in [0.15, 0.2) is 5.02 Å². The second-order valence-corrected chi connectivity index (χ2v) is 6.56. The van der Waals surface area contributed by atoms with E-state index in [1.165, 1.54) is 10.6 Å². The maximum Gasteiger partial charge on any atom is 0.276 e. The summed E-state index contributed by atoms with van der Waals surface area (Å²) in [6.45, 7) is 4.05. The zero-order valence-electron chi connectivity index (χ0n) is 14.8. The summed E-state index contributed by atoms with van der Waals surface area (Å²) in [5.74, 6) is -0.929. The molecule has 0 radical (unpaired) electrons. The van der Waals surface area contributed by atoms with Gasteiger partial charge in [-0.25, -0.2) is 8.78 Å². The highest BCUT2D eigenvalue weighted by Crippen LogP contribution is 2.22. The molecular formula is C18H22ClF2N3O2. The second kappa shape index (κ2) is 9.09. The summed E-state index contributed by atoms with van der Waals surface area (Å²) in [6, 6.07) is 3.05. The highest BCUT2D eigenvalue weighted by Gasteiger charge is 2.18. The number of nitrogens with zero attached hydrogens (tertiary/aromatic N) is 2. The topological polar surface area (TPSA) is 70.1 Å². The van der Waals surface area contributed by atoms with Gasteiger partial charge in [0.1, 0.15) is 24.1 Å². The zero-order chi connectivity index (χ0) is 19.3. The molecule has 1 heterocycles. The highest BCUT2D eigenvalue weighted by atomic mass is 35.5.